The van der Waals surface area contributed by atoms with E-state index < -0.39 is 82.7 Å². The number of aliphatic hydroxyl groups is 1. The van der Waals surface area contributed by atoms with Gasteiger partial charge in [0.2, 0.25) is 33.3 Å². The van der Waals surface area contributed by atoms with Crippen LogP contribution in [-0.2, 0) is 44.7 Å². The molecule has 64 heavy (non-hydrogen) atoms. The van der Waals surface area contributed by atoms with Gasteiger partial charge in [-0.2, -0.15) is 0 Å². The smallest absolute Gasteiger partial charge is 0.329 e. The molecule has 4 N–H and O–H groups in total. The Balaban J connectivity index is 3.28. The second kappa shape index (κ2) is 28.9. The van der Waals surface area contributed by atoms with Crippen LogP contribution in [0.2, 0.25) is 5.02 Å². The maximum Gasteiger partial charge on any atom is 0.329 e. The lowest BCUT2D eigenvalue weighted by Crippen LogP contribution is -2.57. The van der Waals surface area contributed by atoms with E-state index in [4.69, 9.17) is 55.9 Å². The summed E-state index contributed by atoms with van der Waals surface area (Å²) < 4.78 is 9.30. The fraction of sp³-hybridized carbons (Fsp3) is 0.644. The summed E-state index contributed by atoms with van der Waals surface area (Å²) in [6.07, 6.45) is 5.50. The average Bonchev–Trinajstić information content (AvgIpc) is 3.24. The van der Waals surface area contributed by atoms with Gasteiger partial charge in [0.05, 0.1) is 24.7 Å². The minimum absolute atomic E-state index is 0.0165. The number of nitrogens with zero attached hydrogens (tertiary/aromatic N) is 2. The maximum absolute atomic E-state index is 14.2. The number of alkyl halides is 3. The molecule has 0 saturated heterocycles. The summed E-state index contributed by atoms with van der Waals surface area (Å²) in [6, 6.07) is 2.30. The standard InChI is InChI=1S/C45H69Cl4N5O9S/c1-13-27(5)38(44(61)62-24-45(47,48)49)52-37(55)23-53(10)43(60)35(22-32-16-18-33(46)19-17-32)54(11)42(59)31(9)50-41(58)34(21-26(3)4)51-40(57)29(7)15-20-36(63-25-64-12)30(8)39(56)28(6)14-2/h14-19,26-27,30-31,34-36,38-39,56H,13,20-25H2,1-12H3,(H,50,58)(H,51,57)(H,52,55)/b28-14+,29-15+. The van der Waals surface area contributed by atoms with Gasteiger partial charge in [-0.3, -0.25) is 24.0 Å². The number of benzene rings is 1. The van der Waals surface area contributed by atoms with Gasteiger partial charge in [-0.1, -0.05) is 112 Å². The minimum Gasteiger partial charge on any atom is -0.460 e. The number of aliphatic hydroxyl groups excluding tert-OH is 1. The zero-order chi connectivity index (χ0) is 49.1. The molecule has 1 aromatic rings. The van der Waals surface area contributed by atoms with Crippen LogP contribution in [0.15, 0.2) is 47.6 Å². The first kappa shape index (κ1) is 59.0. The van der Waals surface area contributed by atoms with Crippen LogP contribution >= 0.6 is 58.2 Å². The normalized spacial score (nSPS) is 16.0. The topological polar surface area (TPSA) is 184 Å². The highest BCUT2D eigenvalue weighted by atomic mass is 35.6. The van der Waals surface area contributed by atoms with E-state index >= 15 is 0 Å². The average molecular weight is 998 g/mol. The first-order valence-electron chi connectivity index (χ1n) is 21.3. The number of esters is 1. The number of carbonyl (C=O) groups is 6. The van der Waals surface area contributed by atoms with E-state index in [9.17, 15) is 33.9 Å². The van der Waals surface area contributed by atoms with Crippen molar-refractivity contribution in [2.75, 3.05) is 39.4 Å². The van der Waals surface area contributed by atoms with Gasteiger partial charge in [-0.25, -0.2) is 4.79 Å². The molecule has 0 bridgehead atoms. The highest BCUT2D eigenvalue weighted by molar-refractivity contribution is 7.98. The van der Waals surface area contributed by atoms with Crippen molar-refractivity contribution in [2.45, 2.75) is 128 Å². The lowest BCUT2D eigenvalue weighted by Gasteiger charge is -2.33. The summed E-state index contributed by atoms with van der Waals surface area (Å²) in [6.45, 7) is 15.1. The Hall–Kier alpha value is -3.05. The molecule has 362 valence electrons. The fourth-order valence-corrected chi connectivity index (χ4v) is 7.09. The van der Waals surface area contributed by atoms with E-state index in [2.05, 4.69) is 16.0 Å². The highest BCUT2D eigenvalue weighted by Crippen LogP contribution is 2.27. The Labute approximate surface area is 404 Å². The number of rotatable bonds is 26. The molecular weight excluding hydrogens is 928 g/mol. The number of allylic oxidation sites excluding steroid dienone is 1. The third-order valence-corrected chi connectivity index (χ3v) is 11.8. The van der Waals surface area contributed by atoms with E-state index in [-0.39, 0.29) is 36.7 Å². The predicted molar refractivity (Wildman–Crippen MR) is 257 cm³/mol. The molecule has 19 heteroatoms. The van der Waals surface area contributed by atoms with Crippen LogP contribution in [0.25, 0.3) is 0 Å². The van der Waals surface area contributed by atoms with Crippen LogP contribution < -0.4 is 16.0 Å². The number of halogens is 4. The molecule has 0 spiro atoms. The van der Waals surface area contributed by atoms with Crippen molar-refractivity contribution < 1.29 is 43.3 Å². The number of carbonyl (C=O) groups excluding carboxylic acids is 6. The molecule has 0 aliphatic carbocycles. The molecule has 8 unspecified atom stereocenters. The van der Waals surface area contributed by atoms with Crippen molar-refractivity contribution in [3.05, 3.63) is 58.1 Å². The molecule has 0 saturated carbocycles. The maximum atomic E-state index is 14.2. The number of amides is 5. The quantitative estimate of drug-likeness (QED) is 0.0258. The van der Waals surface area contributed by atoms with Crippen molar-refractivity contribution in [3.8, 4) is 0 Å². The van der Waals surface area contributed by atoms with E-state index in [0.29, 0.717) is 34.9 Å². The molecule has 0 heterocycles. The summed E-state index contributed by atoms with van der Waals surface area (Å²) in [5.41, 5.74) is 1.83. The third kappa shape index (κ3) is 20.6. The van der Waals surface area contributed by atoms with Gasteiger partial charge >= 0.3 is 5.97 Å². The number of hydrogen-bond acceptors (Lipinski definition) is 10. The fourth-order valence-electron chi connectivity index (χ4n) is 6.49. The van der Waals surface area contributed by atoms with E-state index in [1.165, 1.54) is 37.7 Å². The number of thioether (sulfide) groups is 1. The van der Waals surface area contributed by atoms with Gasteiger partial charge in [-0.05, 0) is 81.9 Å². The summed E-state index contributed by atoms with van der Waals surface area (Å²) >= 11 is 24.9. The monoisotopic (exact) mass is 995 g/mol. The van der Waals surface area contributed by atoms with Crippen LogP contribution in [0.3, 0.4) is 0 Å². The van der Waals surface area contributed by atoms with Gasteiger partial charge in [0, 0.05) is 37.0 Å². The first-order chi connectivity index (χ1) is 29.8. The number of hydrogen-bond donors (Lipinski definition) is 4. The molecule has 0 aliphatic heterocycles. The van der Waals surface area contributed by atoms with Gasteiger partial charge in [-0.15, -0.1) is 11.8 Å². The Morgan fingerprint density at radius 2 is 1.55 bits per heavy atom. The van der Waals surface area contributed by atoms with Gasteiger partial charge in [0.1, 0.15) is 30.8 Å². The van der Waals surface area contributed by atoms with Crippen molar-refractivity contribution in [1.82, 2.24) is 25.8 Å². The largest absolute Gasteiger partial charge is 0.460 e. The zero-order valence-corrected chi connectivity index (χ0v) is 43.0. The zero-order valence-electron chi connectivity index (χ0n) is 39.1. The van der Waals surface area contributed by atoms with E-state index in [1.807, 2.05) is 53.9 Å². The van der Waals surface area contributed by atoms with Gasteiger partial charge in [0.25, 0.3) is 0 Å². The van der Waals surface area contributed by atoms with Crippen molar-refractivity contribution in [2.24, 2.45) is 17.8 Å². The number of likely N-dealkylation sites (N-methyl/N-ethyl adjacent to an activating group) is 2. The Morgan fingerprint density at radius 1 is 0.938 bits per heavy atom. The molecule has 0 aromatic heterocycles. The van der Waals surface area contributed by atoms with Crippen LogP contribution in [0.4, 0.5) is 0 Å². The third-order valence-electron chi connectivity index (χ3n) is 10.8. The Bertz CT molecular complexity index is 1760. The molecular formula is C45H69Cl4N5O9S. The summed E-state index contributed by atoms with van der Waals surface area (Å²) in [5.74, 6) is -4.02. The summed E-state index contributed by atoms with van der Waals surface area (Å²) in [4.78, 5) is 84.1. The summed E-state index contributed by atoms with van der Waals surface area (Å²) in [7, 11) is 2.82. The lowest BCUT2D eigenvalue weighted by atomic mass is 9.90. The number of nitrogens with one attached hydrogen (secondary N) is 3. The molecule has 1 aromatic carbocycles. The molecule has 1 rings (SSSR count). The molecule has 8 atom stereocenters. The molecule has 0 fully saturated rings. The number of ether oxygens (including phenoxy) is 2. The van der Waals surface area contributed by atoms with Crippen molar-refractivity contribution in [1.29, 1.82) is 0 Å². The van der Waals surface area contributed by atoms with Crippen LogP contribution in [0, 0.1) is 17.8 Å². The molecule has 0 radical (unpaired) electrons. The van der Waals surface area contributed by atoms with E-state index in [1.54, 1.807) is 44.2 Å². The lowest BCUT2D eigenvalue weighted by molar-refractivity contribution is -0.150. The van der Waals surface area contributed by atoms with Crippen molar-refractivity contribution >= 4 is 93.7 Å². The van der Waals surface area contributed by atoms with Crippen LogP contribution in [0.5, 0.6) is 0 Å². The Morgan fingerprint density at radius 3 is 2.08 bits per heavy atom. The minimum atomic E-state index is -1.86. The summed E-state index contributed by atoms with van der Waals surface area (Å²) in [5, 5.41) is 19.5. The second-order valence-corrected chi connectivity index (χ2v) is 20.4. The highest BCUT2D eigenvalue weighted by Gasteiger charge is 2.36. The van der Waals surface area contributed by atoms with E-state index in [0.717, 1.165) is 10.5 Å². The molecule has 5 amide bonds. The van der Waals surface area contributed by atoms with Crippen LogP contribution in [0.1, 0.15) is 87.1 Å². The predicted octanol–water partition coefficient (Wildman–Crippen LogP) is 6.65. The Kier molecular flexibility index (Phi) is 26.6. The molecule has 14 nitrogen and oxygen atoms in total. The molecule has 0 aliphatic rings. The van der Waals surface area contributed by atoms with Crippen molar-refractivity contribution in [3.63, 3.8) is 0 Å². The second-order valence-electron chi connectivity index (χ2n) is 16.6. The van der Waals surface area contributed by atoms with Gasteiger partial charge < -0.3 is 40.3 Å². The SMILES string of the molecule is C/C=C(\C)C(O)C(C)C(C/C=C(\C)C(=O)NC(CC(C)C)C(=O)NC(C)C(=O)N(C)C(Cc1ccc(Cl)cc1)C(=O)N(C)CC(=O)NC(C(=O)OCC(Cl)(Cl)Cl)C(C)CC)OCSC. The van der Waals surface area contributed by atoms with Crippen LogP contribution in [-0.4, -0.2) is 130 Å². The first-order valence-corrected chi connectivity index (χ1v) is 24.2. The van der Waals surface area contributed by atoms with Gasteiger partial charge in [0.15, 0.2) is 0 Å².